The van der Waals surface area contributed by atoms with Crippen molar-refractivity contribution in [3.05, 3.63) is 24.0 Å². The number of hydrogen-bond donors (Lipinski definition) is 2. The van der Waals surface area contributed by atoms with Crippen LogP contribution in [-0.4, -0.2) is 33.7 Å². The van der Waals surface area contributed by atoms with Crippen LogP contribution in [0.25, 0.3) is 5.65 Å². The second kappa shape index (κ2) is 4.94. The molecule has 5 nitrogen and oxygen atoms in total. The summed E-state index contributed by atoms with van der Waals surface area (Å²) in [6, 6.07) is 4.71. The van der Waals surface area contributed by atoms with Gasteiger partial charge in [-0.25, -0.2) is 4.98 Å². The first-order valence-corrected chi connectivity index (χ1v) is 6.60. The Kier molecular flexibility index (Phi) is 3.15. The zero-order chi connectivity index (χ0) is 12.4. The summed E-state index contributed by atoms with van der Waals surface area (Å²) in [5.41, 5.74) is 2.12. The number of hydrogen-bond acceptors (Lipinski definition) is 4. The topological polar surface area (TPSA) is 54.2 Å². The minimum absolute atomic E-state index is 0.522. The first-order valence-electron chi connectivity index (χ1n) is 6.60. The van der Waals surface area contributed by atoms with Crippen LogP contribution in [0.3, 0.4) is 0 Å². The molecule has 0 saturated carbocycles. The van der Waals surface area contributed by atoms with Crippen molar-refractivity contribution < 1.29 is 0 Å². The van der Waals surface area contributed by atoms with Crippen molar-refractivity contribution in [2.45, 2.75) is 32.2 Å². The highest BCUT2D eigenvalue weighted by atomic mass is 15.3. The lowest BCUT2D eigenvalue weighted by molar-refractivity contribution is 0.631. The molecule has 2 N–H and O–H groups in total. The number of anilines is 1. The Morgan fingerprint density at radius 3 is 3.22 bits per heavy atom. The van der Waals surface area contributed by atoms with Crippen LogP contribution < -0.4 is 10.6 Å². The van der Waals surface area contributed by atoms with Crippen molar-refractivity contribution in [2.75, 3.05) is 18.4 Å². The van der Waals surface area contributed by atoms with Gasteiger partial charge in [0.05, 0.1) is 0 Å². The maximum absolute atomic E-state index is 4.28. The summed E-state index contributed by atoms with van der Waals surface area (Å²) >= 11 is 0. The number of pyridine rings is 1. The molecule has 1 atom stereocenters. The smallest absolute Gasteiger partial charge is 0.157 e. The SMILES string of the molecule is Cc1cc(NC2CCCNCC2)n2ncnc2c1. The van der Waals surface area contributed by atoms with E-state index >= 15 is 0 Å². The third kappa shape index (κ3) is 2.31. The lowest BCUT2D eigenvalue weighted by atomic mass is 10.1. The van der Waals surface area contributed by atoms with Gasteiger partial charge >= 0.3 is 0 Å². The number of nitrogens with one attached hydrogen (secondary N) is 2. The number of rotatable bonds is 2. The summed E-state index contributed by atoms with van der Waals surface area (Å²) < 4.78 is 1.88. The molecule has 0 spiro atoms. The molecule has 1 saturated heterocycles. The second-order valence-corrected chi connectivity index (χ2v) is 4.97. The summed E-state index contributed by atoms with van der Waals surface area (Å²) in [6.45, 7) is 4.31. The van der Waals surface area contributed by atoms with Gasteiger partial charge in [0.1, 0.15) is 12.1 Å². The van der Waals surface area contributed by atoms with Gasteiger partial charge in [0.2, 0.25) is 0 Å². The van der Waals surface area contributed by atoms with Gasteiger partial charge in [0.15, 0.2) is 5.65 Å². The number of aromatic nitrogens is 3. The molecule has 2 aromatic heterocycles. The Balaban J connectivity index is 1.86. The van der Waals surface area contributed by atoms with Crippen molar-refractivity contribution in [1.29, 1.82) is 0 Å². The molecule has 1 unspecified atom stereocenters. The zero-order valence-corrected chi connectivity index (χ0v) is 10.7. The van der Waals surface area contributed by atoms with E-state index in [1.165, 1.54) is 18.4 Å². The van der Waals surface area contributed by atoms with Crippen LogP contribution in [0.5, 0.6) is 0 Å². The lowest BCUT2D eigenvalue weighted by Crippen LogP contribution is -2.23. The first-order chi connectivity index (χ1) is 8.83. The number of aryl methyl sites for hydroxylation is 1. The number of nitrogens with zero attached hydrogens (tertiary/aromatic N) is 3. The van der Waals surface area contributed by atoms with Crippen LogP contribution in [0.1, 0.15) is 24.8 Å². The Labute approximate surface area is 107 Å². The Hall–Kier alpha value is -1.62. The molecule has 5 heteroatoms. The van der Waals surface area contributed by atoms with Gasteiger partial charge in [-0.15, -0.1) is 0 Å². The van der Waals surface area contributed by atoms with E-state index in [9.17, 15) is 0 Å². The molecular weight excluding hydrogens is 226 g/mol. The van der Waals surface area contributed by atoms with Gasteiger partial charge in [-0.3, -0.25) is 0 Å². The summed E-state index contributed by atoms with van der Waals surface area (Å²) in [4.78, 5) is 4.25. The molecule has 18 heavy (non-hydrogen) atoms. The van der Waals surface area contributed by atoms with E-state index in [-0.39, 0.29) is 0 Å². The van der Waals surface area contributed by atoms with E-state index in [1.54, 1.807) is 6.33 Å². The van der Waals surface area contributed by atoms with Gasteiger partial charge in [-0.05, 0) is 57.0 Å². The van der Waals surface area contributed by atoms with Crippen LogP contribution >= 0.6 is 0 Å². The standard InChI is InChI=1S/C13H19N5/c1-10-7-12-15-9-16-18(12)13(8-10)17-11-3-2-5-14-6-4-11/h7-9,11,14,17H,2-6H2,1H3. The molecule has 0 amide bonds. The van der Waals surface area contributed by atoms with Gasteiger partial charge in [0, 0.05) is 6.04 Å². The highest BCUT2D eigenvalue weighted by Gasteiger charge is 2.13. The van der Waals surface area contributed by atoms with E-state index < -0.39 is 0 Å². The van der Waals surface area contributed by atoms with Crippen molar-refractivity contribution in [3.63, 3.8) is 0 Å². The molecule has 3 heterocycles. The van der Waals surface area contributed by atoms with E-state index in [0.29, 0.717) is 6.04 Å². The predicted molar refractivity (Wildman–Crippen MR) is 71.9 cm³/mol. The van der Waals surface area contributed by atoms with Gasteiger partial charge < -0.3 is 10.6 Å². The molecule has 2 aromatic rings. The Bertz CT molecular complexity index is 525. The maximum atomic E-state index is 4.28. The lowest BCUT2D eigenvalue weighted by Gasteiger charge is -2.18. The molecular formula is C13H19N5. The monoisotopic (exact) mass is 245 g/mol. The molecule has 1 fully saturated rings. The normalized spacial score (nSPS) is 20.8. The average Bonchev–Trinajstić information content (AvgIpc) is 2.66. The average molecular weight is 245 g/mol. The molecule has 1 aliphatic heterocycles. The van der Waals surface area contributed by atoms with Crippen molar-refractivity contribution >= 4 is 11.5 Å². The summed E-state index contributed by atoms with van der Waals surface area (Å²) in [6.07, 6.45) is 5.19. The van der Waals surface area contributed by atoms with Gasteiger partial charge in [0.25, 0.3) is 0 Å². The van der Waals surface area contributed by atoms with E-state index in [4.69, 9.17) is 0 Å². The third-order valence-electron chi connectivity index (χ3n) is 3.45. The molecule has 1 aliphatic rings. The summed E-state index contributed by atoms with van der Waals surface area (Å²) in [5.74, 6) is 1.05. The quantitative estimate of drug-likeness (QED) is 0.843. The van der Waals surface area contributed by atoms with Gasteiger partial charge in [-0.1, -0.05) is 0 Å². The highest BCUT2D eigenvalue weighted by Crippen LogP contribution is 2.17. The van der Waals surface area contributed by atoms with Crippen molar-refractivity contribution in [1.82, 2.24) is 19.9 Å². The maximum Gasteiger partial charge on any atom is 0.157 e. The summed E-state index contributed by atoms with van der Waals surface area (Å²) in [5, 5.41) is 11.3. The van der Waals surface area contributed by atoms with E-state index in [2.05, 4.69) is 33.7 Å². The van der Waals surface area contributed by atoms with Crippen LogP contribution in [-0.2, 0) is 0 Å². The minimum atomic E-state index is 0.522. The molecule has 3 rings (SSSR count). The van der Waals surface area contributed by atoms with Crippen molar-refractivity contribution in [3.8, 4) is 0 Å². The van der Waals surface area contributed by atoms with Crippen LogP contribution in [0.4, 0.5) is 5.82 Å². The predicted octanol–water partition coefficient (Wildman–Crippen LogP) is 1.59. The molecule has 0 radical (unpaired) electrons. The third-order valence-corrected chi connectivity index (χ3v) is 3.45. The fourth-order valence-electron chi connectivity index (χ4n) is 2.53. The minimum Gasteiger partial charge on any atom is -0.367 e. The molecule has 0 bridgehead atoms. The largest absolute Gasteiger partial charge is 0.367 e. The zero-order valence-electron chi connectivity index (χ0n) is 10.7. The van der Waals surface area contributed by atoms with E-state index in [1.807, 2.05) is 10.6 Å². The van der Waals surface area contributed by atoms with Crippen molar-refractivity contribution in [2.24, 2.45) is 0 Å². The van der Waals surface area contributed by atoms with E-state index in [0.717, 1.165) is 31.0 Å². The molecule has 0 aliphatic carbocycles. The molecule has 0 aromatic carbocycles. The fourth-order valence-corrected chi connectivity index (χ4v) is 2.53. The number of fused-ring (bicyclic) bond motifs is 1. The summed E-state index contributed by atoms with van der Waals surface area (Å²) in [7, 11) is 0. The second-order valence-electron chi connectivity index (χ2n) is 4.97. The Morgan fingerprint density at radius 2 is 2.28 bits per heavy atom. The van der Waals surface area contributed by atoms with Crippen LogP contribution in [0.15, 0.2) is 18.5 Å². The highest BCUT2D eigenvalue weighted by molar-refractivity contribution is 5.51. The first kappa shape index (κ1) is 11.5. The van der Waals surface area contributed by atoms with Crippen LogP contribution in [0, 0.1) is 6.92 Å². The van der Waals surface area contributed by atoms with Crippen LogP contribution in [0.2, 0.25) is 0 Å². The van der Waals surface area contributed by atoms with Gasteiger partial charge in [-0.2, -0.15) is 9.61 Å². The fraction of sp³-hybridized carbons (Fsp3) is 0.538. The molecule has 96 valence electrons. The Morgan fingerprint density at radius 1 is 1.33 bits per heavy atom.